The third-order valence-corrected chi connectivity index (χ3v) is 3.98. The van der Waals surface area contributed by atoms with Gasteiger partial charge in [-0.1, -0.05) is 12.1 Å². The summed E-state index contributed by atoms with van der Waals surface area (Å²) in [4.78, 5) is 2.97. The highest BCUT2D eigenvalue weighted by atomic mass is 35.5. The molecule has 1 saturated heterocycles. The van der Waals surface area contributed by atoms with E-state index < -0.39 is 12.5 Å². The Labute approximate surface area is 135 Å². The van der Waals surface area contributed by atoms with E-state index in [9.17, 15) is 8.78 Å². The van der Waals surface area contributed by atoms with Crippen molar-refractivity contribution in [2.45, 2.75) is 17.4 Å². The first-order valence-electron chi connectivity index (χ1n) is 6.09. The molecule has 1 heterocycles. The van der Waals surface area contributed by atoms with Gasteiger partial charge in [0.1, 0.15) is 0 Å². The van der Waals surface area contributed by atoms with E-state index in [1.165, 1.54) is 0 Å². The van der Waals surface area contributed by atoms with Crippen LogP contribution in [0.15, 0.2) is 29.2 Å². The molecular formula is C13H20Cl2F2N2S. The van der Waals surface area contributed by atoms with Crippen LogP contribution in [-0.4, -0.2) is 43.8 Å². The van der Waals surface area contributed by atoms with E-state index in [0.717, 1.165) is 18.0 Å². The fourth-order valence-electron chi connectivity index (χ4n) is 2.28. The Balaban J connectivity index is 0.00000180. The van der Waals surface area contributed by atoms with Crippen molar-refractivity contribution in [2.24, 2.45) is 0 Å². The number of halogens is 4. The summed E-state index contributed by atoms with van der Waals surface area (Å²) < 4.78 is 26.6. The predicted molar refractivity (Wildman–Crippen MR) is 85.9 cm³/mol. The van der Waals surface area contributed by atoms with Gasteiger partial charge in [0.05, 0.1) is 6.04 Å². The lowest BCUT2D eigenvalue weighted by Gasteiger charge is -2.34. The molecule has 1 aliphatic heterocycles. The summed E-state index contributed by atoms with van der Waals surface area (Å²) in [5.41, 5.74) is 0.713. The van der Waals surface area contributed by atoms with Crippen molar-refractivity contribution >= 4 is 36.6 Å². The minimum atomic E-state index is -2.34. The van der Waals surface area contributed by atoms with E-state index in [0.29, 0.717) is 18.7 Å². The Morgan fingerprint density at radius 2 is 1.65 bits per heavy atom. The maximum atomic E-state index is 13.3. The van der Waals surface area contributed by atoms with Gasteiger partial charge in [0.25, 0.3) is 6.43 Å². The molecule has 0 saturated carbocycles. The van der Waals surface area contributed by atoms with Crippen molar-refractivity contribution in [1.29, 1.82) is 0 Å². The van der Waals surface area contributed by atoms with Crippen molar-refractivity contribution in [2.75, 3.05) is 32.4 Å². The number of hydrogen-bond acceptors (Lipinski definition) is 3. The van der Waals surface area contributed by atoms with Crippen molar-refractivity contribution in [3.8, 4) is 0 Å². The normalized spacial score (nSPS) is 17.2. The monoisotopic (exact) mass is 344 g/mol. The van der Waals surface area contributed by atoms with Crippen LogP contribution in [0.3, 0.4) is 0 Å². The summed E-state index contributed by atoms with van der Waals surface area (Å²) in [6.07, 6.45) is -0.362. The maximum absolute atomic E-state index is 13.3. The molecule has 0 radical (unpaired) electrons. The lowest BCUT2D eigenvalue weighted by atomic mass is 10.1. The molecule has 0 bridgehead atoms. The summed E-state index contributed by atoms with van der Waals surface area (Å²) in [5.74, 6) is 0. The van der Waals surface area contributed by atoms with Crippen LogP contribution in [-0.2, 0) is 0 Å². The molecular weight excluding hydrogens is 325 g/mol. The second kappa shape index (κ2) is 9.79. The van der Waals surface area contributed by atoms with Gasteiger partial charge in [0.15, 0.2) is 0 Å². The van der Waals surface area contributed by atoms with E-state index in [1.807, 2.05) is 35.4 Å². The lowest BCUT2D eigenvalue weighted by molar-refractivity contribution is 0.0181. The molecule has 7 heteroatoms. The predicted octanol–water partition coefficient (Wildman–Crippen LogP) is 3.46. The quantitative estimate of drug-likeness (QED) is 0.842. The average Bonchev–Trinajstić information content (AvgIpc) is 2.40. The van der Waals surface area contributed by atoms with Crippen LogP contribution < -0.4 is 5.32 Å². The van der Waals surface area contributed by atoms with Crippen LogP contribution in [0.1, 0.15) is 11.6 Å². The summed E-state index contributed by atoms with van der Waals surface area (Å²) in [5, 5.41) is 3.19. The van der Waals surface area contributed by atoms with Gasteiger partial charge in [-0.2, -0.15) is 0 Å². The molecule has 0 amide bonds. The van der Waals surface area contributed by atoms with Crippen LogP contribution in [0, 0.1) is 0 Å². The standard InChI is InChI=1S/C13H18F2N2S.2ClH/c1-18-11-4-2-10(3-5-11)12(13(14)15)17-8-6-16-7-9-17;;/h2-5,12-13,16H,6-9H2,1H3;2*1H/t12-;;/m0../s1. The van der Waals surface area contributed by atoms with Crippen LogP contribution in [0.2, 0.25) is 0 Å². The van der Waals surface area contributed by atoms with E-state index in [2.05, 4.69) is 5.32 Å². The minimum Gasteiger partial charge on any atom is -0.314 e. The first-order valence-corrected chi connectivity index (χ1v) is 7.31. The van der Waals surface area contributed by atoms with E-state index in [1.54, 1.807) is 11.8 Å². The average molecular weight is 345 g/mol. The number of nitrogens with one attached hydrogen (secondary N) is 1. The second-order valence-electron chi connectivity index (χ2n) is 4.34. The Morgan fingerprint density at radius 3 is 2.10 bits per heavy atom. The number of thioether (sulfide) groups is 1. The SMILES string of the molecule is CSc1ccc([C@@H](C(F)F)N2CCNCC2)cc1.Cl.Cl. The first-order chi connectivity index (χ1) is 8.72. The van der Waals surface area contributed by atoms with Crippen molar-refractivity contribution < 1.29 is 8.78 Å². The van der Waals surface area contributed by atoms with Gasteiger partial charge < -0.3 is 5.32 Å². The Kier molecular flexibility index (Phi) is 9.76. The van der Waals surface area contributed by atoms with Gasteiger partial charge >= 0.3 is 0 Å². The number of alkyl halides is 2. The molecule has 0 unspecified atom stereocenters. The second-order valence-corrected chi connectivity index (χ2v) is 5.22. The van der Waals surface area contributed by atoms with Gasteiger partial charge in [0.2, 0.25) is 0 Å². The van der Waals surface area contributed by atoms with Crippen molar-refractivity contribution in [3.05, 3.63) is 29.8 Å². The highest BCUT2D eigenvalue weighted by Crippen LogP contribution is 2.29. The highest BCUT2D eigenvalue weighted by Gasteiger charge is 2.29. The van der Waals surface area contributed by atoms with Gasteiger partial charge in [-0.05, 0) is 24.0 Å². The zero-order chi connectivity index (χ0) is 13.0. The number of piperazine rings is 1. The number of benzene rings is 1. The fraction of sp³-hybridized carbons (Fsp3) is 0.538. The molecule has 1 aromatic rings. The third kappa shape index (κ3) is 5.04. The summed E-state index contributed by atoms with van der Waals surface area (Å²) >= 11 is 1.62. The van der Waals surface area contributed by atoms with Crippen LogP contribution in [0.25, 0.3) is 0 Å². The van der Waals surface area contributed by atoms with E-state index in [4.69, 9.17) is 0 Å². The zero-order valence-corrected chi connectivity index (χ0v) is 13.7. The van der Waals surface area contributed by atoms with Gasteiger partial charge in [-0.25, -0.2) is 8.78 Å². The molecule has 1 fully saturated rings. The molecule has 2 nitrogen and oxygen atoms in total. The third-order valence-electron chi connectivity index (χ3n) is 3.24. The van der Waals surface area contributed by atoms with Crippen LogP contribution in [0.4, 0.5) is 8.78 Å². The van der Waals surface area contributed by atoms with Gasteiger partial charge in [-0.15, -0.1) is 36.6 Å². The summed E-state index contributed by atoms with van der Waals surface area (Å²) in [6, 6.07) is 6.70. The first kappa shape index (κ1) is 19.9. The molecule has 2 rings (SSSR count). The molecule has 0 aliphatic carbocycles. The smallest absolute Gasteiger partial charge is 0.258 e. The molecule has 0 aromatic heterocycles. The fourth-order valence-corrected chi connectivity index (χ4v) is 2.69. The largest absolute Gasteiger partial charge is 0.314 e. The summed E-state index contributed by atoms with van der Waals surface area (Å²) in [6.45, 7) is 2.93. The topological polar surface area (TPSA) is 15.3 Å². The summed E-state index contributed by atoms with van der Waals surface area (Å²) in [7, 11) is 0. The highest BCUT2D eigenvalue weighted by molar-refractivity contribution is 7.98. The molecule has 1 N–H and O–H groups in total. The van der Waals surface area contributed by atoms with Crippen molar-refractivity contribution in [1.82, 2.24) is 10.2 Å². The van der Waals surface area contributed by atoms with Crippen LogP contribution in [0.5, 0.6) is 0 Å². The zero-order valence-electron chi connectivity index (χ0n) is 11.2. The Bertz CT molecular complexity index is 373. The number of rotatable bonds is 4. The molecule has 1 aliphatic rings. The molecule has 1 atom stereocenters. The lowest BCUT2D eigenvalue weighted by Crippen LogP contribution is -2.46. The molecule has 1 aromatic carbocycles. The van der Waals surface area contributed by atoms with Gasteiger partial charge in [0, 0.05) is 31.1 Å². The number of hydrogen-bond donors (Lipinski definition) is 1. The molecule has 0 spiro atoms. The number of nitrogens with zero attached hydrogens (tertiary/aromatic N) is 1. The van der Waals surface area contributed by atoms with Crippen LogP contribution >= 0.6 is 36.6 Å². The Hall–Kier alpha value is -0.0700. The van der Waals surface area contributed by atoms with Gasteiger partial charge in [-0.3, -0.25) is 4.90 Å². The van der Waals surface area contributed by atoms with E-state index >= 15 is 0 Å². The minimum absolute atomic E-state index is 0. The molecule has 116 valence electrons. The Morgan fingerprint density at radius 1 is 1.10 bits per heavy atom. The van der Waals surface area contributed by atoms with E-state index in [-0.39, 0.29) is 24.8 Å². The van der Waals surface area contributed by atoms with Crippen molar-refractivity contribution in [3.63, 3.8) is 0 Å². The molecule has 20 heavy (non-hydrogen) atoms. The maximum Gasteiger partial charge on any atom is 0.258 e.